The van der Waals surface area contributed by atoms with Crippen molar-refractivity contribution in [2.24, 2.45) is 0 Å². The molecule has 1 aliphatic carbocycles. The molecule has 4 heterocycles. The standard InChI is InChI=1S/C30H40N6O3/c1-2-39-20-19-33-13-11-23(12-14-33)34-15-17-35(18-16-34)26-21-25(30(37)38)31-29-27(26)28(22-7-6-8-22)32-36(29)24-9-4-3-5-10-24/h3-5,9-10,21-23H,2,6-8,11-20H2,1H3,(H,37,38). The lowest BCUT2D eigenvalue weighted by Gasteiger charge is -2.43. The van der Waals surface area contributed by atoms with Gasteiger partial charge in [-0.15, -0.1) is 0 Å². The molecule has 0 atom stereocenters. The number of carbonyl (C=O) groups is 1. The van der Waals surface area contributed by atoms with E-state index in [1.165, 1.54) is 19.3 Å². The van der Waals surface area contributed by atoms with Gasteiger partial charge in [0, 0.05) is 51.3 Å². The molecule has 2 aliphatic heterocycles. The summed E-state index contributed by atoms with van der Waals surface area (Å²) in [6.45, 7) is 10.7. The Bertz CT molecular complexity index is 1270. The van der Waals surface area contributed by atoms with Crippen LogP contribution >= 0.6 is 0 Å². The van der Waals surface area contributed by atoms with Gasteiger partial charge in [-0.25, -0.2) is 14.5 Å². The third-order valence-corrected chi connectivity index (χ3v) is 8.84. The Morgan fingerprint density at radius 2 is 1.77 bits per heavy atom. The molecule has 3 aromatic rings. The van der Waals surface area contributed by atoms with Crippen molar-refractivity contribution in [1.82, 2.24) is 24.6 Å². The molecule has 1 aromatic carbocycles. The van der Waals surface area contributed by atoms with Crippen molar-refractivity contribution in [3.63, 3.8) is 0 Å². The van der Waals surface area contributed by atoms with Crippen LogP contribution in [0.4, 0.5) is 5.69 Å². The Kier molecular flexibility index (Phi) is 7.81. The number of para-hydroxylation sites is 1. The molecule has 9 heteroatoms. The third kappa shape index (κ3) is 5.40. The summed E-state index contributed by atoms with van der Waals surface area (Å²) >= 11 is 0. The molecule has 39 heavy (non-hydrogen) atoms. The van der Waals surface area contributed by atoms with Gasteiger partial charge in [-0.2, -0.15) is 5.10 Å². The van der Waals surface area contributed by atoms with E-state index >= 15 is 0 Å². The number of fused-ring (bicyclic) bond motifs is 1. The molecule has 0 bridgehead atoms. The Balaban J connectivity index is 1.24. The first-order valence-electron chi connectivity index (χ1n) is 14.6. The fourth-order valence-electron chi connectivity index (χ4n) is 6.37. The van der Waals surface area contributed by atoms with Crippen molar-refractivity contribution in [2.45, 2.75) is 51.0 Å². The lowest BCUT2D eigenvalue weighted by Crippen LogP contribution is -2.53. The smallest absolute Gasteiger partial charge is 0.354 e. The zero-order valence-corrected chi connectivity index (χ0v) is 23.0. The molecule has 0 amide bonds. The number of nitrogens with zero attached hydrogens (tertiary/aromatic N) is 6. The van der Waals surface area contributed by atoms with Gasteiger partial charge in [-0.05, 0) is 63.9 Å². The molecule has 2 saturated heterocycles. The van der Waals surface area contributed by atoms with Crippen LogP contribution in [0.5, 0.6) is 0 Å². The minimum Gasteiger partial charge on any atom is -0.477 e. The second-order valence-electron chi connectivity index (χ2n) is 11.1. The van der Waals surface area contributed by atoms with Crippen molar-refractivity contribution in [3.8, 4) is 5.69 Å². The van der Waals surface area contributed by atoms with Crippen molar-refractivity contribution < 1.29 is 14.6 Å². The van der Waals surface area contributed by atoms with Crippen LogP contribution in [-0.2, 0) is 4.74 Å². The number of pyridine rings is 1. The SMILES string of the molecule is CCOCCN1CCC(N2CCN(c3cc(C(=O)O)nc4c3c(C3CCC3)nn4-c3ccccc3)CC2)CC1. The number of hydrogen-bond acceptors (Lipinski definition) is 7. The molecule has 3 aliphatic rings. The zero-order chi connectivity index (χ0) is 26.8. The van der Waals surface area contributed by atoms with Crippen molar-refractivity contribution in [3.05, 3.63) is 47.8 Å². The van der Waals surface area contributed by atoms with Crippen molar-refractivity contribution >= 4 is 22.7 Å². The van der Waals surface area contributed by atoms with Gasteiger partial charge >= 0.3 is 5.97 Å². The summed E-state index contributed by atoms with van der Waals surface area (Å²) < 4.78 is 7.40. The maximum Gasteiger partial charge on any atom is 0.354 e. The molecule has 3 fully saturated rings. The van der Waals surface area contributed by atoms with Crippen LogP contribution in [0.1, 0.15) is 61.1 Å². The highest BCUT2D eigenvalue weighted by molar-refractivity contribution is 5.98. The molecule has 9 nitrogen and oxygen atoms in total. The van der Waals surface area contributed by atoms with E-state index in [-0.39, 0.29) is 5.69 Å². The van der Waals surface area contributed by atoms with E-state index in [9.17, 15) is 9.90 Å². The number of carboxylic acids is 1. The highest BCUT2D eigenvalue weighted by Crippen LogP contribution is 2.43. The third-order valence-electron chi connectivity index (χ3n) is 8.84. The van der Waals surface area contributed by atoms with E-state index in [1.54, 1.807) is 6.07 Å². The lowest BCUT2D eigenvalue weighted by molar-refractivity contribution is 0.0690. The zero-order valence-electron chi connectivity index (χ0n) is 23.0. The lowest BCUT2D eigenvalue weighted by atomic mass is 9.82. The largest absolute Gasteiger partial charge is 0.477 e. The van der Waals surface area contributed by atoms with Crippen LogP contribution in [0.25, 0.3) is 16.7 Å². The molecular weight excluding hydrogens is 492 g/mol. The van der Waals surface area contributed by atoms with E-state index in [2.05, 4.69) is 26.6 Å². The topological polar surface area (TPSA) is 87.0 Å². The highest BCUT2D eigenvalue weighted by Gasteiger charge is 2.32. The molecule has 1 saturated carbocycles. The van der Waals surface area contributed by atoms with E-state index in [0.717, 1.165) is 94.3 Å². The highest BCUT2D eigenvalue weighted by atomic mass is 16.5. The van der Waals surface area contributed by atoms with Crippen LogP contribution in [0.3, 0.4) is 0 Å². The summed E-state index contributed by atoms with van der Waals surface area (Å²) in [5.41, 5.74) is 3.69. The van der Waals surface area contributed by atoms with E-state index < -0.39 is 5.97 Å². The Labute approximate surface area is 230 Å². The Morgan fingerprint density at radius 1 is 1.03 bits per heavy atom. The van der Waals surface area contributed by atoms with Crippen LogP contribution in [0.2, 0.25) is 0 Å². The summed E-state index contributed by atoms with van der Waals surface area (Å²) in [7, 11) is 0. The number of carboxylic acid groups (broad SMARTS) is 1. The predicted molar refractivity (Wildman–Crippen MR) is 152 cm³/mol. The van der Waals surface area contributed by atoms with Gasteiger partial charge < -0.3 is 19.6 Å². The van der Waals surface area contributed by atoms with Crippen LogP contribution in [0.15, 0.2) is 36.4 Å². The Morgan fingerprint density at radius 3 is 2.41 bits per heavy atom. The summed E-state index contributed by atoms with van der Waals surface area (Å²) in [6, 6.07) is 12.4. The van der Waals surface area contributed by atoms with Crippen LogP contribution in [-0.4, -0.2) is 101 Å². The maximum atomic E-state index is 12.2. The number of anilines is 1. The Hall–Kier alpha value is -3.01. The first-order chi connectivity index (χ1) is 19.1. The quantitative estimate of drug-likeness (QED) is 0.414. The normalized spacial score (nSPS) is 20.0. The maximum absolute atomic E-state index is 12.2. The number of aromatic nitrogens is 3. The fraction of sp³-hybridized carbons (Fsp3) is 0.567. The molecule has 0 unspecified atom stereocenters. The number of piperazine rings is 1. The average Bonchev–Trinajstić information content (AvgIpc) is 3.32. The van der Waals surface area contributed by atoms with E-state index in [1.807, 2.05) is 35.0 Å². The van der Waals surface area contributed by atoms with Gasteiger partial charge in [0.1, 0.15) is 0 Å². The van der Waals surface area contributed by atoms with Gasteiger partial charge in [0.25, 0.3) is 0 Å². The predicted octanol–water partition coefficient (Wildman–Crippen LogP) is 4.01. The number of likely N-dealkylation sites (tertiary alicyclic amines) is 1. The first kappa shape index (κ1) is 26.2. The molecule has 2 aromatic heterocycles. The summed E-state index contributed by atoms with van der Waals surface area (Å²) in [5.74, 6) is -0.596. The molecular formula is C30H40N6O3. The van der Waals surface area contributed by atoms with Crippen molar-refractivity contribution in [1.29, 1.82) is 0 Å². The van der Waals surface area contributed by atoms with Gasteiger partial charge in [0.2, 0.25) is 0 Å². The summed E-state index contributed by atoms with van der Waals surface area (Å²) in [5, 5.41) is 16.1. The monoisotopic (exact) mass is 532 g/mol. The number of benzene rings is 1. The fourth-order valence-corrected chi connectivity index (χ4v) is 6.37. The number of hydrogen-bond donors (Lipinski definition) is 1. The van der Waals surface area contributed by atoms with Gasteiger partial charge in [0.15, 0.2) is 11.3 Å². The molecule has 1 N–H and O–H groups in total. The van der Waals surface area contributed by atoms with Gasteiger partial charge in [-0.1, -0.05) is 24.6 Å². The molecule has 208 valence electrons. The number of aromatic carboxylic acids is 1. The first-order valence-corrected chi connectivity index (χ1v) is 14.6. The van der Waals surface area contributed by atoms with Crippen molar-refractivity contribution in [2.75, 3.05) is 63.9 Å². The number of ether oxygens (including phenoxy) is 1. The van der Waals surface area contributed by atoms with Crippen LogP contribution < -0.4 is 4.90 Å². The minimum atomic E-state index is -1.00. The van der Waals surface area contributed by atoms with E-state index in [4.69, 9.17) is 9.84 Å². The van der Waals surface area contributed by atoms with Crippen LogP contribution in [0, 0.1) is 0 Å². The van der Waals surface area contributed by atoms with E-state index in [0.29, 0.717) is 17.6 Å². The second kappa shape index (κ2) is 11.6. The van der Waals surface area contributed by atoms with Gasteiger partial charge in [0.05, 0.1) is 29.1 Å². The number of rotatable bonds is 9. The molecule has 0 spiro atoms. The average molecular weight is 533 g/mol. The summed E-state index contributed by atoms with van der Waals surface area (Å²) in [4.78, 5) is 24.4. The number of piperidine rings is 1. The summed E-state index contributed by atoms with van der Waals surface area (Å²) in [6.07, 6.45) is 5.86. The molecule has 6 rings (SSSR count). The molecule has 0 radical (unpaired) electrons. The minimum absolute atomic E-state index is 0.0802. The van der Waals surface area contributed by atoms with Gasteiger partial charge in [-0.3, -0.25) is 4.90 Å². The second-order valence-corrected chi connectivity index (χ2v) is 11.1.